The zero-order chi connectivity index (χ0) is 26.2. The average molecular weight is 516 g/mol. The summed E-state index contributed by atoms with van der Waals surface area (Å²) in [6.45, 7) is 2.39. The first-order valence-electron chi connectivity index (χ1n) is 11.3. The number of hydrazone groups is 1. The van der Waals surface area contributed by atoms with Crippen molar-refractivity contribution in [2.24, 2.45) is 5.10 Å². The summed E-state index contributed by atoms with van der Waals surface area (Å²) in [4.78, 5) is 37.2. The van der Waals surface area contributed by atoms with Gasteiger partial charge < -0.3 is 14.8 Å². The van der Waals surface area contributed by atoms with Crippen molar-refractivity contribution in [3.8, 4) is 11.5 Å². The van der Waals surface area contributed by atoms with Crippen LogP contribution in [0.25, 0.3) is 10.8 Å². The molecule has 2 N–H and O–H groups in total. The second-order valence-electron chi connectivity index (χ2n) is 7.71. The second kappa shape index (κ2) is 11.8. The second-order valence-corrected chi connectivity index (χ2v) is 8.14. The number of nitrogens with zero attached hydrogens (tertiary/aromatic N) is 1. The van der Waals surface area contributed by atoms with E-state index in [2.05, 4.69) is 15.8 Å². The Kier molecular flexibility index (Phi) is 8.12. The minimum atomic E-state index is -0.973. The van der Waals surface area contributed by atoms with Crippen LogP contribution in [0.4, 0.5) is 5.69 Å². The van der Waals surface area contributed by atoms with Gasteiger partial charge in [0.2, 0.25) is 0 Å². The lowest BCUT2D eigenvalue weighted by molar-refractivity contribution is -0.136. The predicted molar refractivity (Wildman–Crippen MR) is 142 cm³/mol. The van der Waals surface area contributed by atoms with E-state index in [1.54, 1.807) is 54.6 Å². The molecular formula is C28H22ClN3O5. The van der Waals surface area contributed by atoms with Gasteiger partial charge in [-0.25, -0.2) is 10.2 Å². The van der Waals surface area contributed by atoms with Crippen molar-refractivity contribution in [1.29, 1.82) is 0 Å². The maximum Gasteiger partial charge on any atom is 0.343 e. The summed E-state index contributed by atoms with van der Waals surface area (Å²) in [5.41, 5.74) is 3.40. The number of nitrogens with one attached hydrogen (secondary N) is 2. The molecule has 0 aromatic heterocycles. The molecule has 9 heteroatoms. The van der Waals surface area contributed by atoms with Gasteiger partial charge in [0, 0.05) is 16.3 Å². The molecule has 186 valence electrons. The Hall–Kier alpha value is -4.69. The highest BCUT2D eigenvalue weighted by atomic mass is 35.5. The summed E-state index contributed by atoms with van der Waals surface area (Å²) < 4.78 is 11.1. The van der Waals surface area contributed by atoms with E-state index < -0.39 is 17.8 Å². The molecule has 8 nitrogen and oxygen atoms in total. The fourth-order valence-electron chi connectivity index (χ4n) is 3.44. The number of halogens is 1. The highest BCUT2D eigenvalue weighted by Gasteiger charge is 2.15. The quantitative estimate of drug-likeness (QED) is 0.116. The minimum absolute atomic E-state index is 0.237. The number of carbonyl (C=O) groups excluding carboxylic acids is 3. The number of carbonyl (C=O) groups is 3. The zero-order valence-electron chi connectivity index (χ0n) is 19.7. The third-order valence-electron chi connectivity index (χ3n) is 5.20. The largest absolute Gasteiger partial charge is 0.494 e. The molecular weight excluding hydrogens is 494 g/mol. The van der Waals surface area contributed by atoms with Crippen LogP contribution in [0, 0.1) is 0 Å². The molecule has 0 unspecified atom stereocenters. The van der Waals surface area contributed by atoms with Crippen molar-refractivity contribution in [2.45, 2.75) is 6.92 Å². The summed E-state index contributed by atoms with van der Waals surface area (Å²) in [6.07, 6.45) is 1.33. The van der Waals surface area contributed by atoms with E-state index in [9.17, 15) is 14.4 Å². The van der Waals surface area contributed by atoms with E-state index in [-0.39, 0.29) is 5.75 Å². The molecule has 0 heterocycles. The van der Waals surface area contributed by atoms with Gasteiger partial charge in [0.1, 0.15) is 11.5 Å². The lowest BCUT2D eigenvalue weighted by Gasteiger charge is -2.11. The van der Waals surface area contributed by atoms with Crippen LogP contribution in [-0.4, -0.2) is 30.6 Å². The van der Waals surface area contributed by atoms with Crippen molar-refractivity contribution in [1.82, 2.24) is 5.43 Å². The molecule has 0 radical (unpaired) electrons. The fourth-order valence-corrected chi connectivity index (χ4v) is 3.56. The number of rotatable bonds is 7. The lowest BCUT2D eigenvalue weighted by Crippen LogP contribution is -2.32. The summed E-state index contributed by atoms with van der Waals surface area (Å²) in [6, 6.07) is 23.8. The van der Waals surface area contributed by atoms with E-state index >= 15 is 0 Å². The molecule has 37 heavy (non-hydrogen) atoms. The Balaban J connectivity index is 1.51. The Morgan fingerprint density at radius 3 is 2.35 bits per heavy atom. The summed E-state index contributed by atoms with van der Waals surface area (Å²) in [5, 5.41) is 8.49. The van der Waals surface area contributed by atoms with Crippen LogP contribution in [0.5, 0.6) is 11.5 Å². The van der Waals surface area contributed by atoms with Crippen molar-refractivity contribution in [3.05, 3.63) is 101 Å². The van der Waals surface area contributed by atoms with Gasteiger partial charge in [-0.2, -0.15) is 5.10 Å². The number of amides is 2. The molecule has 0 aliphatic carbocycles. The molecule has 0 saturated carbocycles. The van der Waals surface area contributed by atoms with Crippen LogP contribution in [0.2, 0.25) is 5.02 Å². The van der Waals surface area contributed by atoms with Crippen LogP contribution in [0.1, 0.15) is 22.8 Å². The van der Waals surface area contributed by atoms with E-state index in [0.29, 0.717) is 34.2 Å². The Bertz CT molecular complexity index is 1470. The van der Waals surface area contributed by atoms with Crippen LogP contribution in [-0.2, 0) is 9.59 Å². The standard InChI is InChI=1S/C28H22ClN3O5/c1-2-36-22-14-7-19(8-15-22)28(35)37-25-16-9-18-5-3-4-6-23(18)24(25)17-30-32-27(34)26(33)31-21-12-10-20(29)11-13-21/h3-17H,2H2,1H3,(H,31,33)(H,32,34)/b30-17+. The molecule has 4 aromatic rings. The molecule has 2 amide bonds. The van der Waals surface area contributed by atoms with Gasteiger partial charge in [-0.15, -0.1) is 0 Å². The van der Waals surface area contributed by atoms with Crippen LogP contribution < -0.4 is 20.2 Å². The minimum Gasteiger partial charge on any atom is -0.494 e. The monoisotopic (exact) mass is 515 g/mol. The van der Waals surface area contributed by atoms with E-state index in [0.717, 1.165) is 10.8 Å². The third kappa shape index (κ3) is 6.50. The van der Waals surface area contributed by atoms with E-state index in [1.165, 1.54) is 6.21 Å². The molecule has 4 aromatic carbocycles. The summed E-state index contributed by atoms with van der Waals surface area (Å²) >= 11 is 5.83. The predicted octanol–water partition coefficient (Wildman–Crippen LogP) is 5.20. The normalized spacial score (nSPS) is 10.8. The first kappa shape index (κ1) is 25.4. The Morgan fingerprint density at radius 1 is 0.892 bits per heavy atom. The van der Waals surface area contributed by atoms with Crippen LogP contribution in [0.3, 0.4) is 0 Å². The molecule has 0 fully saturated rings. The maximum absolute atomic E-state index is 12.8. The van der Waals surface area contributed by atoms with Crippen LogP contribution >= 0.6 is 11.6 Å². The number of ether oxygens (including phenoxy) is 2. The smallest absolute Gasteiger partial charge is 0.343 e. The average Bonchev–Trinajstić information content (AvgIpc) is 2.91. The summed E-state index contributed by atoms with van der Waals surface area (Å²) in [5.74, 6) is -1.56. The van der Waals surface area contributed by atoms with Gasteiger partial charge in [0.15, 0.2) is 0 Å². The topological polar surface area (TPSA) is 106 Å². The summed E-state index contributed by atoms with van der Waals surface area (Å²) in [7, 11) is 0. The first-order chi connectivity index (χ1) is 17.9. The fraction of sp³-hybridized carbons (Fsp3) is 0.0714. The van der Waals surface area contributed by atoms with Gasteiger partial charge >= 0.3 is 17.8 Å². The molecule has 0 aliphatic rings. The SMILES string of the molecule is CCOc1ccc(C(=O)Oc2ccc3ccccc3c2/C=N/NC(=O)C(=O)Nc2ccc(Cl)cc2)cc1. The number of esters is 1. The molecule has 0 spiro atoms. The van der Waals surface area contributed by atoms with E-state index in [1.807, 2.05) is 37.3 Å². The van der Waals surface area contributed by atoms with Crippen molar-refractivity contribution in [2.75, 3.05) is 11.9 Å². The van der Waals surface area contributed by atoms with Crippen molar-refractivity contribution < 1.29 is 23.9 Å². The first-order valence-corrected chi connectivity index (χ1v) is 11.7. The molecule has 0 atom stereocenters. The van der Waals surface area contributed by atoms with Gasteiger partial charge in [0.05, 0.1) is 18.4 Å². The number of benzene rings is 4. The maximum atomic E-state index is 12.8. The zero-order valence-corrected chi connectivity index (χ0v) is 20.5. The van der Waals surface area contributed by atoms with Crippen molar-refractivity contribution >= 4 is 52.1 Å². The van der Waals surface area contributed by atoms with Gasteiger partial charge in [-0.3, -0.25) is 9.59 Å². The molecule has 0 bridgehead atoms. The number of anilines is 1. The lowest BCUT2D eigenvalue weighted by atomic mass is 10.0. The highest BCUT2D eigenvalue weighted by molar-refractivity contribution is 6.39. The van der Waals surface area contributed by atoms with Crippen LogP contribution in [0.15, 0.2) is 90.0 Å². The molecule has 0 aliphatic heterocycles. The van der Waals surface area contributed by atoms with E-state index in [4.69, 9.17) is 21.1 Å². The van der Waals surface area contributed by atoms with Gasteiger partial charge in [0.25, 0.3) is 0 Å². The van der Waals surface area contributed by atoms with Gasteiger partial charge in [-0.1, -0.05) is 41.9 Å². The van der Waals surface area contributed by atoms with Crippen molar-refractivity contribution in [3.63, 3.8) is 0 Å². The molecule has 4 rings (SSSR count). The van der Waals surface area contributed by atoms with Gasteiger partial charge in [-0.05, 0) is 72.3 Å². The number of fused-ring (bicyclic) bond motifs is 1. The third-order valence-corrected chi connectivity index (χ3v) is 5.45. The Morgan fingerprint density at radius 2 is 1.62 bits per heavy atom. The highest BCUT2D eigenvalue weighted by Crippen LogP contribution is 2.27. The number of hydrogen-bond donors (Lipinski definition) is 2. The Labute approximate surface area is 217 Å². The number of hydrogen-bond acceptors (Lipinski definition) is 6. The molecule has 0 saturated heterocycles.